The van der Waals surface area contributed by atoms with Gasteiger partial charge in [0.2, 0.25) is 0 Å². The molecular weight excluding hydrogens is 1380 g/mol. The topological polar surface area (TPSA) is 19.7 Å². The number of aromatic nitrogens is 4. The van der Waals surface area contributed by atoms with Gasteiger partial charge in [0, 0.05) is 76.1 Å². The SMILES string of the molecule is CC1(C)c2ccccc2-c2cc3c(cc21)c1cc(-c2ccc4c(c2)c2ccccc2n4-c2ccc(-c4ccccc4)cc2)ccc1n3-c1cccc2ccccc12.CC1(C)c2ccccc2-c2cc3c4cc(-c5ccc6c(c5)c5ccccc5n6-c5ccc(-c6ccccc6)cc5)ccc4n(-c4cccc5ccccc45)c3cc21. The van der Waals surface area contributed by atoms with Crippen LogP contribution in [0.25, 0.3) is 198 Å². The van der Waals surface area contributed by atoms with Gasteiger partial charge in [-0.2, -0.15) is 0 Å². The van der Waals surface area contributed by atoms with Crippen LogP contribution in [0.5, 0.6) is 0 Å². The summed E-state index contributed by atoms with van der Waals surface area (Å²) in [6.45, 7) is 9.50. The zero-order valence-corrected chi connectivity index (χ0v) is 63.7. The van der Waals surface area contributed by atoms with E-state index in [4.69, 9.17) is 0 Å². The van der Waals surface area contributed by atoms with Crippen LogP contribution in [0.15, 0.2) is 388 Å². The molecule has 0 spiro atoms. The molecule has 22 aromatic rings. The van der Waals surface area contributed by atoms with Crippen molar-refractivity contribution < 1.29 is 0 Å². The highest BCUT2D eigenvalue weighted by Crippen LogP contribution is 2.54. The van der Waals surface area contributed by atoms with E-state index >= 15 is 0 Å². The minimum atomic E-state index is -0.0934. The quantitative estimate of drug-likeness (QED) is 0.144. The van der Waals surface area contributed by atoms with Crippen LogP contribution in [0.3, 0.4) is 0 Å². The van der Waals surface area contributed by atoms with Crippen molar-refractivity contribution in [1.82, 2.24) is 18.3 Å². The molecule has 4 nitrogen and oxygen atoms in total. The van der Waals surface area contributed by atoms with Crippen molar-refractivity contribution in [3.05, 3.63) is 411 Å². The summed E-state index contributed by atoms with van der Waals surface area (Å²) in [5.74, 6) is 0. The van der Waals surface area contributed by atoms with Crippen molar-refractivity contribution >= 4 is 109 Å². The Hall–Kier alpha value is -14.3. The highest BCUT2D eigenvalue weighted by Gasteiger charge is 2.38. The largest absolute Gasteiger partial charge is 0.309 e. The maximum atomic E-state index is 2.51. The predicted octanol–water partition coefficient (Wildman–Crippen LogP) is 29.3. The molecule has 0 amide bonds. The van der Waals surface area contributed by atoms with Crippen LogP contribution in [-0.4, -0.2) is 18.3 Å². The molecule has 4 heteroatoms. The first-order valence-corrected chi connectivity index (χ1v) is 39.9. The number of rotatable bonds is 8. The number of para-hydroxylation sites is 2. The summed E-state index contributed by atoms with van der Waals surface area (Å²) in [5.41, 5.74) is 35.0. The molecule has 0 bridgehead atoms. The fourth-order valence-corrected chi connectivity index (χ4v) is 19.8. The lowest BCUT2D eigenvalue weighted by atomic mass is 9.82. The van der Waals surface area contributed by atoms with E-state index < -0.39 is 0 Å². The second-order valence-electron chi connectivity index (χ2n) is 32.3. The zero-order chi connectivity index (χ0) is 75.7. The molecule has 0 saturated heterocycles. The molecule has 0 fully saturated rings. The first-order chi connectivity index (χ1) is 56.1. The monoisotopic (exact) mass is 1450 g/mol. The first-order valence-electron chi connectivity index (χ1n) is 39.9. The van der Waals surface area contributed by atoms with Crippen LogP contribution in [-0.2, 0) is 10.8 Å². The Morgan fingerprint density at radius 1 is 0.167 bits per heavy atom. The summed E-state index contributed by atoms with van der Waals surface area (Å²) in [7, 11) is 0. The van der Waals surface area contributed by atoms with Gasteiger partial charge >= 0.3 is 0 Å². The number of hydrogen-bond acceptors (Lipinski definition) is 0. The van der Waals surface area contributed by atoms with Crippen LogP contribution < -0.4 is 0 Å². The summed E-state index contributed by atoms with van der Waals surface area (Å²) in [5, 5.41) is 15.1. The van der Waals surface area contributed by atoms with E-state index in [0.29, 0.717) is 0 Å². The molecule has 0 atom stereocenters. The summed E-state index contributed by atoms with van der Waals surface area (Å²) < 4.78 is 9.83. The van der Waals surface area contributed by atoms with E-state index in [-0.39, 0.29) is 10.8 Å². The van der Waals surface area contributed by atoms with Crippen LogP contribution in [0, 0.1) is 0 Å². The Labute approximate surface area is 661 Å². The van der Waals surface area contributed by atoms with Crippen molar-refractivity contribution in [2.75, 3.05) is 0 Å². The molecule has 0 saturated carbocycles. The Balaban J connectivity index is 0.000000135. The van der Waals surface area contributed by atoms with Gasteiger partial charge in [-0.15, -0.1) is 0 Å². The fraction of sp³-hybridized carbons (Fsp3) is 0.0545. The van der Waals surface area contributed by atoms with Crippen molar-refractivity contribution in [2.24, 2.45) is 0 Å². The second-order valence-corrected chi connectivity index (χ2v) is 32.3. The van der Waals surface area contributed by atoms with E-state index in [1.54, 1.807) is 0 Å². The van der Waals surface area contributed by atoms with Gasteiger partial charge in [0.15, 0.2) is 0 Å². The van der Waals surface area contributed by atoms with Gasteiger partial charge in [-0.25, -0.2) is 0 Å². The fourth-order valence-electron chi connectivity index (χ4n) is 19.8. The Morgan fingerprint density at radius 3 is 0.930 bits per heavy atom. The minimum Gasteiger partial charge on any atom is -0.309 e. The molecule has 2 aliphatic carbocycles. The van der Waals surface area contributed by atoms with E-state index in [1.165, 1.54) is 209 Å². The lowest BCUT2D eigenvalue weighted by molar-refractivity contribution is 0.661. The minimum absolute atomic E-state index is 0.0906. The first kappa shape index (κ1) is 65.6. The lowest BCUT2D eigenvalue weighted by Gasteiger charge is -2.21. The molecule has 0 radical (unpaired) electrons. The van der Waals surface area contributed by atoms with Gasteiger partial charge < -0.3 is 18.3 Å². The third-order valence-electron chi connectivity index (χ3n) is 25.4. The predicted molar refractivity (Wildman–Crippen MR) is 482 cm³/mol. The summed E-state index contributed by atoms with van der Waals surface area (Å²) >= 11 is 0. The van der Waals surface area contributed by atoms with Crippen LogP contribution in [0.2, 0.25) is 0 Å². The second kappa shape index (κ2) is 25.1. The maximum absolute atomic E-state index is 2.51. The molecule has 18 aromatic carbocycles. The van der Waals surface area contributed by atoms with E-state index in [0.717, 1.165) is 11.4 Å². The van der Waals surface area contributed by atoms with Gasteiger partial charge in [0.25, 0.3) is 0 Å². The molecule has 2 aliphatic rings. The molecule has 0 aliphatic heterocycles. The van der Waals surface area contributed by atoms with Crippen LogP contribution >= 0.6 is 0 Å². The van der Waals surface area contributed by atoms with Crippen molar-refractivity contribution in [3.8, 4) is 89.5 Å². The summed E-state index contributed by atoms with van der Waals surface area (Å²) in [4.78, 5) is 0. The summed E-state index contributed by atoms with van der Waals surface area (Å²) in [6, 6.07) is 144. The summed E-state index contributed by atoms with van der Waals surface area (Å²) in [6.07, 6.45) is 0. The molecule has 114 heavy (non-hydrogen) atoms. The average Bonchev–Trinajstić information content (AvgIpc) is 1.55. The standard InChI is InChI=1S/2C55H38N2/c1-55(2)48-20-10-8-18-42(48)44-34-54-47(33-49(44)55)46-32-39(26-30-53(46)57(54)50-22-12-16-37-15-6-7-17-41(37)50)38-25-29-52-45(31-38)43-19-9-11-21-51(43)56(52)40-27-23-36(24-28-40)35-13-4-3-5-14-35;1-55(2)48-20-10-8-18-42(48)44-33-47-46-32-39(26-30-53(46)57(54(47)34-49(44)55)50-22-12-16-37-15-6-7-17-41(37)50)38-25-29-52-45(31-38)43-19-9-11-21-51(43)56(52)40-27-23-36(24-28-40)35-13-4-3-5-14-35/h2*3-34H,1-2H3. The van der Waals surface area contributed by atoms with E-state index in [9.17, 15) is 0 Å². The molecular formula is C110H76N4. The number of fused-ring (bicyclic) bond motifs is 20. The third-order valence-corrected chi connectivity index (χ3v) is 25.4. The van der Waals surface area contributed by atoms with Crippen molar-refractivity contribution in [1.29, 1.82) is 0 Å². The lowest BCUT2D eigenvalue weighted by Crippen LogP contribution is -2.15. The maximum Gasteiger partial charge on any atom is 0.0547 e. The highest BCUT2D eigenvalue weighted by atomic mass is 15.0. The molecule has 0 N–H and O–H groups in total. The van der Waals surface area contributed by atoms with E-state index in [1.807, 2.05) is 0 Å². The zero-order valence-electron chi connectivity index (χ0n) is 63.7. The van der Waals surface area contributed by atoms with Crippen LogP contribution in [0.4, 0.5) is 0 Å². The molecule has 24 rings (SSSR count). The van der Waals surface area contributed by atoms with Gasteiger partial charge in [-0.1, -0.05) is 295 Å². The van der Waals surface area contributed by atoms with Crippen LogP contribution in [0.1, 0.15) is 49.9 Å². The average molecular weight is 1450 g/mol. The molecule has 0 unspecified atom stereocenters. The number of benzene rings is 18. The highest BCUT2D eigenvalue weighted by molar-refractivity contribution is 6.18. The Kier molecular flexibility index (Phi) is 14.4. The normalized spacial score (nSPS) is 13.2. The smallest absolute Gasteiger partial charge is 0.0547 e. The Bertz CT molecular complexity index is 7730. The van der Waals surface area contributed by atoms with Crippen molar-refractivity contribution in [2.45, 2.75) is 38.5 Å². The van der Waals surface area contributed by atoms with Gasteiger partial charge in [-0.05, 0) is 221 Å². The number of nitrogens with zero attached hydrogens (tertiary/aromatic N) is 4. The molecule has 4 heterocycles. The molecule has 4 aromatic heterocycles. The Morgan fingerprint density at radius 2 is 0.474 bits per heavy atom. The van der Waals surface area contributed by atoms with Gasteiger partial charge in [0.05, 0.1) is 55.5 Å². The van der Waals surface area contributed by atoms with Gasteiger partial charge in [-0.3, -0.25) is 0 Å². The van der Waals surface area contributed by atoms with E-state index in [2.05, 4.69) is 434 Å². The van der Waals surface area contributed by atoms with Gasteiger partial charge in [0.1, 0.15) is 0 Å². The van der Waals surface area contributed by atoms with Crippen molar-refractivity contribution in [3.63, 3.8) is 0 Å². The molecule has 536 valence electrons. The third kappa shape index (κ3) is 9.90. The number of hydrogen-bond donors (Lipinski definition) is 0.